The summed E-state index contributed by atoms with van der Waals surface area (Å²) in [5.41, 5.74) is 6.27. The van der Waals surface area contributed by atoms with Crippen LogP contribution in [0.4, 0.5) is 0 Å². The summed E-state index contributed by atoms with van der Waals surface area (Å²) in [5, 5.41) is 0. The van der Waals surface area contributed by atoms with Crippen molar-refractivity contribution in [2.75, 3.05) is 19.8 Å². The summed E-state index contributed by atoms with van der Waals surface area (Å²) in [5.74, 6) is 0. The molecule has 0 aliphatic carbocycles. The summed E-state index contributed by atoms with van der Waals surface area (Å²) in [6.07, 6.45) is -1.74. The Morgan fingerprint density at radius 3 is 1.35 bits per heavy atom. The van der Waals surface area contributed by atoms with Crippen LogP contribution in [-0.2, 0) is 70.9 Å². The zero-order valence-electron chi connectivity index (χ0n) is 30.4. The Balaban J connectivity index is 1.12. The molecule has 2 aliphatic heterocycles. The van der Waals surface area contributed by atoms with Crippen molar-refractivity contribution in [3.63, 3.8) is 0 Å². The SMILES string of the molecule is C1=C(COCc2ccccc2)CO[C@H]1OC[C@H]1O[C@@H](OCc2ccccc2)[C@H](OCc2ccccc2)[C@@H](OCc2ccccc2)[C@@H]1OCc1ccccc1. The molecule has 0 aromatic heterocycles. The lowest BCUT2D eigenvalue weighted by molar-refractivity contribution is -0.333. The molecule has 8 heteroatoms. The third kappa shape index (κ3) is 11.3. The Morgan fingerprint density at radius 1 is 0.426 bits per heavy atom. The Bertz CT molecular complexity index is 1810. The summed E-state index contributed by atoms with van der Waals surface area (Å²) in [7, 11) is 0. The Hall–Kier alpha value is -4.48. The summed E-state index contributed by atoms with van der Waals surface area (Å²) in [6.45, 7) is 2.95. The first kappa shape index (κ1) is 37.8. The van der Waals surface area contributed by atoms with Gasteiger partial charge in [-0.1, -0.05) is 152 Å². The van der Waals surface area contributed by atoms with Crippen LogP contribution in [0.15, 0.2) is 163 Å². The second-order valence-electron chi connectivity index (χ2n) is 13.4. The van der Waals surface area contributed by atoms with Crippen molar-refractivity contribution in [2.24, 2.45) is 0 Å². The van der Waals surface area contributed by atoms with E-state index < -0.39 is 37.0 Å². The monoisotopic (exact) mass is 728 g/mol. The van der Waals surface area contributed by atoms with Gasteiger partial charge in [-0.2, -0.15) is 0 Å². The van der Waals surface area contributed by atoms with Crippen LogP contribution in [0.25, 0.3) is 0 Å². The molecule has 0 amide bonds. The summed E-state index contributed by atoms with van der Waals surface area (Å²) in [6, 6.07) is 50.4. The molecule has 8 nitrogen and oxygen atoms in total. The zero-order chi connectivity index (χ0) is 36.6. The van der Waals surface area contributed by atoms with Gasteiger partial charge < -0.3 is 37.9 Å². The number of benzene rings is 5. The van der Waals surface area contributed by atoms with E-state index in [1.54, 1.807) is 0 Å². The highest BCUT2D eigenvalue weighted by Gasteiger charge is 2.49. The van der Waals surface area contributed by atoms with Crippen molar-refractivity contribution in [3.05, 3.63) is 191 Å². The van der Waals surface area contributed by atoms with Crippen LogP contribution in [-0.4, -0.2) is 56.8 Å². The number of hydrogen-bond acceptors (Lipinski definition) is 8. The van der Waals surface area contributed by atoms with Crippen molar-refractivity contribution < 1.29 is 37.9 Å². The van der Waals surface area contributed by atoms with Gasteiger partial charge in [-0.25, -0.2) is 0 Å². The van der Waals surface area contributed by atoms with E-state index in [-0.39, 0.29) is 6.61 Å². The quantitative estimate of drug-likeness (QED) is 0.0789. The molecule has 0 unspecified atom stereocenters. The van der Waals surface area contributed by atoms with Gasteiger partial charge in [-0.3, -0.25) is 0 Å². The van der Waals surface area contributed by atoms with Crippen LogP contribution >= 0.6 is 0 Å². The molecule has 1 fully saturated rings. The van der Waals surface area contributed by atoms with Crippen molar-refractivity contribution in [1.29, 1.82) is 0 Å². The van der Waals surface area contributed by atoms with Gasteiger partial charge in [0.15, 0.2) is 12.6 Å². The van der Waals surface area contributed by atoms with E-state index in [1.165, 1.54) is 0 Å². The maximum atomic E-state index is 6.83. The van der Waals surface area contributed by atoms with E-state index in [1.807, 2.05) is 146 Å². The minimum atomic E-state index is -0.790. The molecule has 0 saturated carbocycles. The maximum absolute atomic E-state index is 6.83. The lowest BCUT2D eigenvalue weighted by Gasteiger charge is -2.46. The van der Waals surface area contributed by atoms with Gasteiger partial charge in [0.05, 0.1) is 52.9 Å². The molecule has 0 radical (unpaired) electrons. The Kier molecular flexibility index (Phi) is 14.2. The number of ether oxygens (including phenoxy) is 8. The van der Waals surface area contributed by atoms with E-state index in [0.717, 1.165) is 33.4 Å². The molecule has 280 valence electrons. The molecule has 0 N–H and O–H groups in total. The van der Waals surface area contributed by atoms with E-state index in [9.17, 15) is 0 Å². The van der Waals surface area contributed by atoms with Crippen molar-refractivity contribution in [3.8, 4) is 0 Å². The predicted octanol–water partition coefficient (Wildman–Crippen LogP) is 8.20. The topological polar surface area (TPSA) is 73.8 Å². The molecule has 54 heavy (non-hydrogen) atoms. The summed E-state index contributed by atoms with van der Waals surface area (Å²) in [4.78, 5) is 0. The minimum Gasteiger partial charge on any atom is -0.372 e. The standard InChI is InChI=1S/C46H48O8/c1-6-16-35(17-7-1)27-47-28-40-26-42(48-33-40)49-34-41-43(50-29-36-18-8-2-9-19-36)44(51-30-37-20-10-3-11-21-37)45(52-31-38-22-12-4-13-23-38)46(54-41)53-32-39-24-14-5-15-25-39/h1-26,41-46H,27-34H2/t41-,42+,43-,44+,45-,46-/m1/s1. The van der Waals surface area contributed by atoms with Crippen LogP contribution in [0, 0.1) is 0 Å². The Morgan fingerprint density at radius 2 is 0.852 bits per heavy atom. The van der Waals surface area contributed by atoms with Gasteiger partial charge in [0.25, 0.3) is 0 Å². The summed E-state index contributed by atoms with van der Waals surface area (Å²) < 4.78 is 52.1. The van der Waals surface area contributed by atoms with Gasteiger partial charge in [-0.05, 0) is 39.5 Å². The number of rotatable bonds is 19. The summed E-state index contributed by atoms with van der Waals surface area (Å²) >= 11 is 0. The van der Waals surface area contributed by atoms with Gasteiger partial charge in [0, 0.05) is 0 Å². The molecule has 5 aromatic carbocycles. The predicted molar refractivity (Wildman–Crippen MR) is 205 cm³/mol. The molecule has 0 spiro atoms. The van der Waals surface area contributed by atoms with Crippen molar-refractivity contribution >= 4 is 0 Å². The van der Waals surface area contributed by atoms with Gasteiger partial charge >= 0.3 is 0 Å². The van der Waals surface area contributed by atoms with Gasteiger partial charge in [0.1, 0.15) is 24.4 Å². The fourth-order valence-electron chi connectivity index (χ4n) is 6.49. The molecule has 2 heterocycles. The minimum absolute atomic E-state index is 0.167. The van der Waals surface area contributed by atoms with Crippen LogP contribution in [0.3, 0.4) is 0 Å². The van der Waals surface area contributed by atoms with E-state index in [0.29, 0.717) is 46.2 Å². The normalized spacial score (nSPS) is 22.6. The molecule has 7 rings (SSSR count). The fourth-order valence-corrected chi connectivity index (χ4v) is 6.49. The third-order valence-corrected chi connectivity index (χ3v) is 9.33. The van der Waals surface area contributed by atoms with Gasteiger partial charge in [-0.15, -0.1) is 0 Å². The second-order valence-corrected chi connectivity index (χ2v) is 13.4. The highest BCUT2D eigenvalue weighted by atomic mass is 16.7. The molecule has 5 aromatic rings. The highest BCUT2D eigenvalue weighted by molar-refractivity contribution is 5.17. The third-order valence-electron chi connectivity index (χ3n) is 9.33. The fraction of sp³-hybridized carbons (Fsp3) is 0.304. The lowest BCUT2D eigenvalue weighted by atomic mass is 9.97. The highest BCUT2D eigenvalue weighted by Crippen LogP contribution is 2.32. The molecular weight excluding hydrogens is 680 g/mol. The zero-order valence-corrected chi connectivity index (χ0v) is 30.4. The van der Waals surface area contributed by atoms with E-state index in [2.05, 4.69) is 12.1 Å². The molecule has 6 atom stereocenters. The largest absolute Gasteiger partial charge is 0.372 e. The Labute approximate surface area is 318 Å². The molecule has 2 aliphatic rings. The van der Waals surface area contributed by atoms with Gasteiger partial charge in [0.2, 0.25) is 0 Å². The van der Waals surface area contributed by atoms with Crippen LogP contribution in [0.2, 0.25) is 0 Å². The van der Waals surface area contributed by atoms with E-state index >= 15 is 0 Å². The lowest BCUT2D eigenvalue weighted by Crippen LogP contribution is -2.61. The van der Waals surface area contributed by atoms with Crippen LogP contribution in [0.5, 0.6) is 0 Å². The number of hydrogen-bond donors (Lipinski definition) is 0. The molecule has 0 bridgehead atoms. The van der Waals surface area contributed by atoms with Crippen LogP contribution in [0.1, 0.15) is 27.8 Å². The smallest absolute Gasteiger partial charge is 0.187 e. The molecular formula is C46H48O8. The first-order valence-electron chi connectivity index (χ1n) is 18.6. The first-order chi connectivity index (χ1) is 26.8. The average molecular weight is 729 g/mol. The molecule has 1 saturated heterocycles. The average Bonchev–Trinajstić information content (AvgIpc) is 3.69. The maximum Gasteiger partial charge on any atom is 0.187 e. The van der Waals surface area contributed by atoms with Crippen molar-refractivity contribution in [1.82, 2.24) is 0 Å². The first-order valence-corrected chi connectivity index (χ1v) is 18.6. The van der Waals surface area contributed by atoms with Crippen LogP contribution < -0.4 is 0 Å². The van der Waals surface area contributed by atoms with E-state index in [4.69, 9.17) is 37.9 Å². The van der Waals surface area contributed by atoms with Crippen molar-refractivity contribution in [2.45, 2.75) is 70.0 Å². The second kappa shape index (κ2) is 20.3.